The number of pyridine rings is 2. The molecule has 2 aliphatic carbocycles. The smallest absolute Gasteiger partial charge is 0.128 e. The Morgan fingerprint density at radius 2 is 1.30 bits per heavy atom. The third-order valence-electron chi connectivity index (χ3n) is 9.09. The van der Waals surface area contributed by atoms with E-state index in [0.717, 1.165) is 67.3 Å². The van der Waals surface area contributed by atoms with Gasteiger partial charge in [0.2, 0.25) is 0 Å². The largest absolute Gasteiger partial charge is 0.310 e. The quantitative estimate of drug-likeness (QED) is 0.211. The predicted molar refractivity (Wildman–Crippen MR) is 170 cm³/mol. The summed E-state index contributed by atoms with van der Waals surface area (Å²) in [6.45, 7) is 0. The molecule has 5 aromatic carbocycles. The van der Waals surface area contributed by atoms with Crippen LogP contribution in [0.4, 0.5) is 25.8 Å². The molecule has 44 heavy (non-hydrogen) atoms. The van der Waals surface area contributed by atoms with Gasteiger partial charge in [0.15, 0.2) is 0 Å². The second-order valence-corrected chi connectivity index (χ2v) is 11.3. The first-order chi connectivity index (χ1) is 21.6. The first kappa shape index (κ1) is 24.9. The number of benzene rings is 5. The average molecular weight is 572 g/mol. The summed E-state index contributed by atoms with van der Waals surface area (Å²) < 4.78 is 29.5. The van der Waals surface area contributed by atoms with E-state index in [1.54, 1.807) is 0 Å². The van der Waals surface area contributed by atoms with Gasteiger partial charge < -0.3 is 4.90 Å². The lowest BCUT2D eigenvalue weighted by Crippen LogP contribution is -2.26. The van der Waals surface area contributed by atoms with Crippen LogP contribution >= 0.6 is 0 Å². The molecule has 0 saturated heterocycles. The molecule has 2 aliphatic rings. The van der Waals surface area contributed by atoms with E-state index < -0.39 is 17.0 Å². The molecular weight excluding hydrogens is 548 g/mol. The maximum atomic E-state index is 14.8. The predicted octanol–water partition coefficient (Wildman–Crippen LogP) is 9.72. The molecular formula is C39H23F2N3. The molecule has 9 rings (SSSR count). The van der Waals surface area contributed by atoms with Gasteiger partial charge in [0.1, 0.15) is 11.6 Å². The van der Waals surface area contributed by atoms with Crippen molar-refractivity contribution in [3.63, 3.8) is 0 Å². The molecule has 2 aromatic heterocycles. The van der Waals surface area contributed by atoms with Gasteiger partial charge >= 0.3 is 0 Å². The van der Waals surface area contributed by atoms with Crippen LogP contribution in [0.15, 0.2) is 140 Å². The SMILES string of the molecule is Fc1cc(F)cc(N(c2ccc3c(c2)-c2ccccc2C32c3ccncc3-c3ncccc32)c2cccc3ccccc23)c1. The number of hydrogen-bond donors (Lipinski definition) is 0. The second-order valence-electron chi connectivity index (χ2n) is 11.3. The fourth-order valence-corrected chi connectivity index (χ4v) is 7.47. The van der Waals surface area contributed by atoms with E-state index in [2.05, 4.69) is 59.6 Å². The Bertz CT molecular complexity index is 2220. The monoisotopic (exact) mass is 571 g/mol. The van der Waals surface area contributed by atoms with Crippen molar-refractivity contribution in [2.24, 2.45) is 0 Å². The summed E-state index contributed by atoms with van der Waals surface area (Å²) in [7, 11) is 0. The van der Waals surface area contributed by atoms with Gasteiger partial charge in [-0.05, 0) is 81.2 Å². The van der Waals surface area contributed by atoms with Crippen LogP contribution in [0.5, 0.6) is 0 Å². The first-order valence-corrected chi connectivity index (χ1v) is 14.5. The Kier molecular flexibility index (Phi) is 5.18. The summed E-state index contributed by atoms with van der Waals surface area (Å²) >= 11 is 0. The van der Waals surface area contributed by atoms with Gasteiger partial charge in [-0.25, -0.2) is 8.78 Å². The maximum Gasteiger partial charge on any atom is 0.128 e. The van der Waals surface area contributed by atoms with Crippen molar-refractivity contribution < 1.29 is 8.78 Å². The van der Waals surface area contributed by atoms with E-state index >= 15 is 0 Å². The summed E-state index contributed by atoms with van der Waals surface area (Å²) in [5.41, 5.74) is 10.2. The van der Waals surface area contributed by atoms with Crippen molar-refractivity contribution in [2.75, 3.05) is 4.90 Å². The highest BCUT2D eigenvalue weighted by atomic mass is 19.1. The van der Waals surface area contributed by atoms with E-state index in [0.29, 0.717) is 5.69 Å². The van der Waals surface area contributed by atoms with E-state index in [4.69, 9.17) is 4.98 Å². The summed E-state index contributed by atoms with van der Waals surface area (Å²) in [4.78, 5) is 11.2. The molecule has 0 radical (unpaired) electrons. The Hall–Kier alpha value is -5.68. The zero-order valence-electron chi connectivity index (χ0n) is 23.4. The summed E-state index contributed by atoms with van der Waals surface area (Å²) in [5.74, 6) is -1.26. The van der Waals surface area contributed by atoms with Gasteiger partial charge in [-0.3, -0.25) is 9.97 Å². The van der Waals surface area contributed by atoms with Gasteiger partial charge in [-0.1, -0.05) is 72.8 Å². The molecule has 0 bridgehead atoms. The minimum Gasteiger partial charge on any atom is -0.310 e. The van der Waals surface area contributed by atoms with Crippen molar-refractivity contribution in [1.29, 1.82) is 0 Å². The van der Waals surface area contributed by atoms with Crippen LogP contribution in [0.2, 0.25) is 0 Å². The molecule has 2 heterocycles. The highest BCUT2D eigenvalue weighted by molar-refractivity contribution is 6.00. The number of hydrogen-bond acceptors (Lipinski definition) is 3. The summed E-state index contributed by atoms with van der Waals surface area (Å²) in [5, 5.41) is 2.02. The number of nitrogens with zero attached hydrogens (tertiary/aromatic N) is 3. The lowest BCUT2D eigenvalue weighted by Gasteiger charge is -2.31. The normalized spacial score (nSPS) is 15.6. The van der Waals surface area contributed by atoms with Gasteiger partial charge in [0, 0.05) is 41.3 Å². The van der Waals surface area contributed by atoms with Crippen molar-refractivity contribution in [1.82, 2.24) is 9.97 Å². The highest BCUT2D eigenvalue weighted by Crippen LogP contribution is 2.62. The standard InChI is InChI=1S/C39H23F2N3/c40-25-19-26(41)21-28(20-25)44(37-13-5-8-24-7-1-2-9-29(24)37)27-14-15-34-31(22-27)30-10-3-4-11-33(30)39(34)35-16-18-42-23-32(35)38-36(39)12-6-17-43-38/h1-23H. The molecule has 3 nitrogen and oxygen atoms in total. The Labute approximate surface area is 252 Å². The van der Waals surface area contributed by atoms with Crippen molar-refractivity contribution in [2.45, 2.75) is 5.41 Å². The molecule has 0 saturated carbocycles. The molecule has 0 aliphatic heterocycles. The van der Waals surface area contributed by atoms with Crippen LogP contribution in [0.3, 0.4) is 0 Å². The van der Waals surface area contributed by atoms with Crippen molar-refractivity contribution in [3.8, 4) is 22.4 Å². The van der Waals surface area contributed by atoms with Crippen LogP contribution in [0.25, 0.3) is 33.2 Å². The van der Waals surface area contributed by atoms with Crippen LogP contribution in [0.1, 0.15) is 22.3 Å². The summed E-state index contributed by atoms with van der Waals surface area (Å²) in [6, 6.07) is 38.9. The first-order valence-electron chi connectivity index (χ1n) is 14.5. The van der Waals surface area contributed by atoms with Gasteiger partial charge in [-0.15, -0.1) is 0 Å². The Morgan fingerprint density at radius 3 is 2.20 bits per heavy atom. The molecule has 0 amide bonds. The molecule has 208 valence electrons. The van der Waals surface area contributed by atoms with Crippen LogP contribution in [0, 0.1) is 11.6 Å². The fourth-order valence-electron chi connectivity index (χ4n) is 7.47. The lowest BCUT2D eigenvalue weighted by molar-refractivity contribution is 0.584. The number of halogens is 2. The molecule has 7 aromatic rings. The van der Waals surface area contributed by atoms with E-state index in [-0.39, 0.29) is 0 Å². The van der Waals surface area contributed by atoms with E-state index in [1.807, 2.05) is 72.0 Å². The van der Waals surface area contributed by atoms with Crippen molar-refractivity contribution in [3.05, 3.63) is 174 Å². The molecule has 1 atom stereocenters. The Balaban J connectivity index is 1.35. The zero-order chi connectivity index (χ0) is 29.4. The Morgan fingerprint density at radius 1 is 0.545 bits per heavy atom. The molecule has 1 spiro atoms. The molecule has 5 heteroatoms. The highest BCUT2D eigenvalue weighted by Gasteiger charge is 2.52. The third kappa shape index (κ3) is 3.29. The fraction of sp³-hybridized carbons (Fsp3) is 0.0256. The van der Waals surface area contributed by atoms with E-state index in [9.17, 15) is 8.78 Å². The van der Waals surface area contributed by atoms with Crippen LogP contribution in [-0.4, -0.2) is 9.97 Å². The zero-order valence-corrected chi connectivity index (χ0v) is 23.4. The average Bonchev–Trinajstić information content (AvgIpc) is 3.52. The number of fused-ring (bicyclic) bond motifs is 11. The maximum absolute atomic E-state index is 14.8. The van der Waals surface area contributed by atoms with Gasteiger partial charge in [-0.2, -0.15) is 0 Å². The third-order valence-corrected chi connectivity index (χ3v) is 9.09. The van der Waals surface area contributed by atoms with Crippen LogP contribution in [-0.2, 0) is 5.41 Å². The molecule has 1 unspecified atom stereocenters. The summed E-state index contributed by atoms with van der Waals surface area (Å²) in [6.07, 6.45) is 5.59. The van der Waals surface area contributed by atoms with E-state index in [1.165, 1.54) is 17.7 Å². The lowest BCUT2D eigenvalue weighted by atomic mass is 9.71. The van der Waals surface area contributed by atoms with Gasteiger partial charge in [0.05, 0.1) is 22.5 Å². The van der Waals surface area contributed by atoms with Crippen molar-refractivity contribution >= 4 is 27.8 Å². The minimum absolute atomic E-state index is 0.409. The van der Waals surface area contributed by atoms with Crippen LogP contribution < -0.4 is 4.90 Å². The minimum atomic E-state index is -0.629. The molecule has 0 N–H and O–H groups in total. The molecule has 0 fully saturated rings. The number of aromatic nitrogens is 2. The number of rotatable bonds is 3. The second kappa shape index (κ2) is 9.16. The number of anilines is 3. The van der Waals surface area contributed by atoms with Gasteiger partial charge in [0.25, 0.3) is 0 Å². The topological polar surface area (TPSA) is 29.0 Å².